The number of aromatic nitrogens is 1. The molecule has 0 aliphatic carbocycles. The van der Waals surface area contributed by atoms with Crippen molar-refractivity contribution in [2.75, 3.05) is 7.11 Å². The maximum atomic E-state index is 11.9. The fourth-order valence-electron chi connectivity index (χ4n) is 2.39. The quantitative estimate of drug-likeness (QED) is 0.689. The Labute approximate surface area is 172 Å². The molecule has 0 saturated carbocycles. The second-order valence-corrected chi connectivity index (χ2v) is 6.03. The molecule has 27 heavy (non-hydrogen) atoms. The molecule has 1 amide bonds. The van der Waals surface area contributed by atoms with Gasteiger partial charge >= 0.3 is 0 Å². The molecule has 0 spiro atoms. The highest BCUT2D eigenvalue weighted by molar-refractivity contribution is 5.85. The van der Waals surface area contributed by atoms with Crippen LogP contribution in [0.4, 0.5) is 0 Å². The van der Waals surface area contributed by atoms with Gasteiger partial charge in [0.05, 0.1) is 13.2 Å². The lowest BCUT2D eigenvalue weighted by molar-refractivity contribution is -0.122. The number of benzene rings is 1. The van der Waals surface area contributed by atoms with Crippen molar-refractivity contribution >= 4 is 30.7 Å². The first-order valence-corrected chi connectivity index (χ1v) is 8.24. The van der Waals surface area contributed by atoms with Crippen molar-refractivity contribution in [1.29, 1.82) is 0 Å². The molecule has 2 aromatic rings. The van der Waals surface area contributed by atoms with Gasteiger partial charge in [-0.05, 0) is 49.2 Å². The monoisotopic (exact) mass is 415 g/mol. The van der Waals surface area contributed by atoms with E-state index in [4.69, 9.17) is 15.2 Å². The third kappa shape index (κ3) is 8.03. The first-order valence-electron chi connectivity index (χ1n) is 8.24. The molecule has 8 heteroatoms. The average molecular weight is 416 g/mol. The van der Waals surface area contributed by atoms with Gasteiger partial charge in [-0.25, -0.2) is 0 Å². The lowest BCUT2D eigenvalue weighted by atomic mass is 10.1. The summed E-state index contributed by atoms with van der Waals surface area (Å²) < 4.78 is 11.2. The second-order valence-electron chi connectivity index (χ2n) is 6.03. The number of nitrogens with two attached hydrogens (primary N) is 1. The van der Waals surface area contributed by atoms with Crippen molar-refractivity contribution in [3.8, 4) is 11.5 Å². The number of halogens is 2. The van der Waals surface area contributed by atoms with Gasteiger partial charge in [0.2, 0.25) is 5.91 Å². The predicted molar refractivity (Wildman–Crippen MR) is 111 cm³/mol. The van der Waals surface area contributed by atoms with Crippen LogP contribution in [0.5, 0.6) is 11.5 Å². The molecule has 0 radical (unpaired) electrons. The van der Waals surface area contributed by atoms with Crippen molar-refractivity contribution < 1.29 is 14.3 Å². The number of amides is 1. The van der Waals surface area contributed by atoms with E-state index in [2.05, 4.69) is 10.3 Å². The summed E-state index contributed by atoms with van der Waals surface area (Å²) in [5.74, 6) is 1.21. The summed E-state index contributed by atoms with van der Waals surface area (Å²) in [5.41, 5.74) is 7.62. The first-order chi connectivity index (χ1) is 12.0. The topological polar surface area (TPSA) is 86.5 Å². The van der Waals surface area contributed by atoms with Gasteiger partial charge in [-0.3, -0.25) is 9.78 Å². The summed E-state index contributed by atoms with van der Waals surface area (Å²) in [7, 11) is 1.60. The third-order valence-corrected chi connectivity index (χ3v) is 3.72. The molecule has 3 N–H and O–H groups in total. The zero-order chi connectivity index (χ0) is 18.2. The number of carbonyl (C=O) groups is 1. The van der Waals surface area contributed by atoms with Crippen LogP contribution in [0.25, 0.3) is 0 Å². The highest BCUT2D eigenvalue weighted by Crippen LogP contribution is 2.31. The molecule has 6 nitrogen and oxygen atoms in total. The summed E-state index contributed by atoms with van der Waals surface area (Å²) in [6.07, 6.45) is 3.76. The molecule has 150 valence electrons. The standard InChI is InChI=1S/C19H25N3O3.2ClH/c1-13(20)10-19(23)22-14(2)16-4-5-17(18(11-16)24-3)25-12-15-6-8-21-9-7-15;;/h4-9,11,13-14H,10,12,20H2,1-3H3,(H,22,23);2*1H. The van der Waals surface area contributed by atoms with Crippen LogP contribution in [0.2, 0.25) is 0 Å². The normalized spacial score (nSPS) is 12.0. The Hall–Kier alpha value is -2.02. The maximum Gasteiger partial charge on any atom is 0.222 e. The van der Waals surface area contributed by atoms with Crippen molar-refractivity contribution in [1.82, 2.24) is 10.3 Å². The number of ether oxygens (including phenoxy) is 2. The summed E-state index contributed by atoms with van der Waals surface area (Å²) in [4.78, 5) is 15.8. The molecule has 1 aromatic heterocycles. The maximum absolute atomic E-state index is 11.9. The molecule has 0 aliphatic heterocycles. The minimum absolute atomic E-state index is 0. The number of pyridine rings is 1. The van der Waals surface area contributed by atoms with Crippen LogP contribution in [0, 0.1) is 0 Å². The fraction of sp³-hybridized carbons (Fsp3) is 0.368. The van der Waals surface area contributed by atoms with E-state index >= 15 is 0 Å². The Morgan fingerprint density at radius 2 is 1.81 bits per heavy atom. The number of nitrogens with one attached hydrogen (secondary N) is 1. The second kappa shape index (κ2) is 12.4. The van der Waals surface area contributed by atoms with E-state index in [1.165, 1.54) is 0 Å². The summed E-state index contributed by atoms with van der Waals surface area (Å²) in [6, 6.07) is 9.14. The molecule has 2 atom stereocenters. The number of nitrogens with zero attached hydrogens (tertiary/aromatic N) is 1. The van der Waals surface area contributed by atoms with Gasteiger partial charge < -0.3 is 20.5 Å². The number of hydrogen-bond donors (Lipinski definition) is 2. The predicted octanol–water partition coefficient (Wildman–Crippen LogP) is 3.43. The van der Waals surface area contributed by atoms with E-state index in [-0.39, 0.29) is 42.8 Å². The number of carbonyl (C=O) groups excluding carboxylic acids is 1. The molecule has 0 aliphatic rings. The van der Waals surface area contributed by atoms with E-state index in [9.17, 15) is 4.79 Å². The highest BCUT2D eigenvalue weighted by Gasteiger charge is 2.14. The van der Waals surface area contributed by atoms with Gasteiger partial charge in [0, 0.05) is 24.9 Å². The van der Waals surface area contributed by atoms with Gasteiger partial charge in [0.25, 0.3) is 0 Å². The molecule has 1 heterocycles. The molecule has 0 saturated heterocycles. The fourth-order valence-corrected chi connectivity index (χ4v) is 2.39. The Morgan fingerprint density at radius 3 is 2.41 bits per heavy atom. The van der Waals surface area contributed by atoms with E-state index < -0.39 is 0 Å². The molecule has 0 bridgehead atoms. The lowest BCUT2D eigenvalue weighted by Gasteiger charge is -2.18. The van der Waals surface area contributed by atoms with E-state index in [0.717, 1.165) is 11.1 Å². The number of methoxy groups -OCH3 is 1. The Morgan fingerprint density at radius 1 is 1.15 bits per heavy atom. The van der Waals surface area contributed by atoms with E-state index in [1.807, 2.05) is 44.2 Å². The van der Waals surface area contributed by atoms with E-state index in [1.54, 1.807) is 19.5 Å². The van der Waals surface area contributed by atoms with Crippen LogP contribution in [0.3, 0.4) is 0 Å². The van der Waals surface area contributed by atoms with Crippen LogP contribution >= 0.6 is 24.8 Å². The third-order valence-electron chi connectivity index (χ3n) is 3.72. The smallest absolute Gasteiger partial charge is 0.222 e. The minimum Gasteiger partial charge on any atom is -0.493 e. The Kier molecular flexibility index (Phi) is 11.5. The van der Waals surface area contributed by atoms with Gasteiger partial charge in [0.1, 0.15) is 6.61 Å². The van der Waals surface area contributed by atoms with Gasteiger partial charge in [-0.1, -0.05) is 6.07 Å². The number of hydrogen-bond acceptors (Lipinski definition) is 5. The molecule has 2 rings (SSSR count). The van der Waals surface area contributed by atoms with Gasteiger partial charge in [-0.2, -0.15) is 0 Å². The van der Waals surface area contributed by atoms with Gasteiger partial charge in [-0.15, -0.1) is 24.8 Å². The van der Waals surface area contributed by atoms with Crippen LogP contribution in [0.1, 0.15) is 37.4 Å². The largest absolute Gasteiger partial charge is 0.493 e. The zero-order valence-corrected chi connectivity index (χ0v) is 17.3. The molecule has 1 aromatic carbocycles. The van der Waals surface area contributed by atoms with Crippen LogP contribution in [0.15, 0.2) is 42.7 Å². The van der Waals surface area contributed by atoms with Crippen molar-refractivity contribution in [2.45, 2.75) is 39.0 Å². The average Bonchev–Trinajstić information content (AvgIpc) is 2.59. The lowest BCUT2D eigenvalue weighted by Crippen LogP contribution is -2.31. The van der Waals surface area contributed by atoms with Crippen molar-refractivity contribution in [2.24, 2.45) is 5.73 Å². The zero-order valence-electron chi connectivity index (χ0n) is 15.7. The van der Waals surface area contributed by atoms with Crippen molar-refractivity contribution in [3.63, 3.8) is 0 Å². The molecule has 0 fully saturated rings. The summed E-state index contributed by atoms with van der Waals surface area (Å²) >= 11 is 0. The molecular weight excluding hydrogens is 389 g/mol. The SMILES string of the molecule is COc1cc(C(C)NC(=O)CC(C)N)ccc1OCc1ccncc1.Cl.Cl. The first kappa shape index (κ1) is 25.0. The van der Waals surface area contributed by atoms with Crippen LogP contribution in [-0.2, 0) is 11.4 Å². The number of rotatable bonds is 8. The Balaban J connectivity index is 0.00000338. The van der Waals surface area contributed by atoms with Crippen LogP contribution < -0.4 is 20.5 Å². The summed E-state index contributed by atoms with van der Waals surface area (Å²) in [5, 5.41) is 2.93. The minimum atomic E-state index is -0.161. The Bertz CT molecular complexity index is 700. The molecule has 2 unspecified atom stereocenters. The highest BCUT2D eigenvalue weighted by atomic mass is 35.5. The summed E-state index contributed by atoms with van der Waals surface area (Å²) in [6.45, 7) is 4.16. The van der Waals surface area contributed by atoms with E-state index in [0.29, 0.717) is 24.5 Å². The van der Waals surface area contributed by atoms with Crippen LogP contribution in [-0.4, -0.2) is 24.0 Å². The van der Waals surface area contributed by atoms with Gasteiger partial charge in [0.15, 0.2) is 11.5 Å². The van der Waals surface area contributed by atoms with Crippen molar-refractivity contribution in [3.05, 3.63) is 53.9 Å². The molecular formula is C19H27Cl2N3O3.